The van der Waals surface area contributed by atoms with E-state index in [1.807, 2.05) is 19.0 Å². The van der Waals surface area contributed by atoms with Gasteiger partial charge in [0.05, 0.1) is 6.04 Å². The van der Waals surface area contributed by atoms with Crippen LogP contribution in [0, 0.1) is 5.92 Å². The lowest BCUT2D eigenvalue weighted by atomic mass is 10.00. The number of unbranched alkanes of at least 4 members (excludes halogenated alkanes) is 16. The van der Waals surface area contributed by atoms with Crippen molar-refractivity contribution in [2.24, 2.45) is 5.92 Å². The van der Waals surface area contributed by atoms with Crippen molar-refractivity contribution in [2.45, 2.75) is 200 Å². The standard InChI is InChI=1S/C43H86N2O7/c1-6-9-12-15-18-21-27-41(48)45(33-26-32-44(4)5)40(31-30-39(36-46)37-47)38-52-42(49)28-22-23-29-43(50-34-24-19-16-13-10-7-2)51-35-25-20-17-14-11-8-3/h39-40,43,46-47H,6-38H2,1-5H3. The average molecular weight is 743 g/mol. The van der Waals surface area contributed by atoms with E-state index in [2.05, 4.69) is 25.7 Å². The van der Waals surface area contributed by atoms with E-state index in [9.17, 15) is 19.8 Å². The monoisotopic (exact) mass is 743 g/mol. The van der Waals surface area contributed by atoms with Gasteiger partial charge >= 0.3 is 5.97 Å². The summed E-state index contributed by atoms with van der Waals surface area (Å²) in [5.41, 5.74) is 0. The SMILES string of the molecule is CCCCCCCCOC(CCCCC(=O)OCC(CCC(CO)CO)N(CCCN(C)C)C(=O)CCCCCCCC)OCCCCCCCC. The topological polar surface area (TPSA) is 109 Å². The maximum atomic E-state index is 13.6. The van der Waals surface area contributed by atoms with Gasteiger partial charge < -0.3 is 34.2 Å². The number of esters is 1. The number of hydrogen-bond donors (Lipinski definition) is 2. The number of rotatable bonds is 40. The third-order valence-electron chi connectivity index (χ3n) is 10.0. The van der Waals surface area contributed by atoms with Gasteiger partial charge in [0, 0.05) is 51.7 Å². The van der Waals surface area contributed by atoms with Gasteiger partial charge in [-0.3, -0.25) is 9.59 Å². The molecule has 0 bridgehead atoms. The van der Waals surface area contributed by atoms with Crippen molar-refractivity contribution >= 4 is 11.9 Å². The minimum absolute atomic E-state index is 0.104. The summed E-state index contributed by atoms with van der Waals surface area (Å²) >= 11 is 0. The van der Waals surface area contributed by atoms with Crippen LogP contribution in [0.5, 0.6) is 0 Å². The van der Waals surface area contributed by atoms with Crippen LogP contribution in [-0.2, 0) is 23.8 Å². The molecule has 0 aliphatic heterocycles. The van der Waals surface area contributed by atoms with Crippen LogP contribution in [0.25, 0.3) is 0 Å². The van der Waals surface area contributed by atoms with Gasteiger partial charge in [-0.05, 0) is 78.4 Å². The lowest BCUT2D eigenvalue weighted by Gasteiger charge is -2.33. The fourth-order valence-electron chi connectivity index (χ4n) is 6.52. The maximum Gasteiger partial charge on any atom is 0.305 e. The Kier molecular flexibility index (Phi) is 37.1. The minimum atomic E-state index is -0.283. The van der Waals surface area contributed by atoms with Crippen LogP contribution in [-0.4, -0.2) is 104 Å². The van der Waals surface area contributed by atoms with E-state index in [-0.39, 0.29) is 49.9 Å². The number of hydrogen-bond acceptors (Lipinski definition) is 8. The van der Waals surface area contributed by atoms with Gasteiger partial charge in [0.15, 0.2) is 6.29 Å². The van der Waals surface area contributed by atoms with E-state index in [1.165, 1.54) is 83.5 Å². The molecule has 0 aromatic heterocycles. The molecule has 1 atom stereocenters. The molecule has 310 valence electrons. The molecular weight excluding hydrogens is 656 g/mol. The van der Waals surface area contributed by atoms with Crippen LogP contribution in [0.15, 0.2) is 0 Å². The van der Waals surface area contributed by atoms with Gasteiger partial charge in [0.1, 0.15) is 6.61 Å². The van der Waals surface area contributed by atoms with E-state index in [1.54, 1.807) is 0 Å². The van der Waals surface area contributed by atoms with E-state index in [0.29, 0.717) is 51.9 Å². The molecule has 9 nitrogen and oxygen atoms in total. The first kappa shape index (κ1) is 50.7. The van der Waals surface area contributed by atoms with Crippen molar-refractivity contribution in [3.8, 4) is 0 Å². The highest BCUT2D eigenvalue weighted by Crippen LogP contribution is 2.19. The Morgan fingerprint density at radius 3 is 1.58 bits per heavy atom. The summed E-state index contributed by atoms with van der Waals surface area (Å²) < 4.78 is 18.2. The number of ether oxygens (including phenoxy) is 3. The number of amides is 1. The van der Waals surface area contributed by atoms with Crippen LogP contribution in [0.2, 0.25) is 0 Å². The first-order valence-corrected chi connectivity index (χ1v) is 21.9. The molecule has 2 N–H and O–H groups in total. The second kappa shape index (κ2) is 38.0. The normalized spacial score (nSPS) is 12.3. The van der Waals surface area contributed by atoms with Crippen LogP contribution in [0.4, 0.5) is 0 Å². The molecule has 0 heterocycles. The van der Waals surface area contributed by atoms with Crippen LogP contribution < -0.4 is 0 Å². The van der Waals surface area contributed by atoms with Crippen LogP contribution >= 0.6 is 0 Å². The quantitative estimate of drug-likeness (QED) is 0.0363. The summed E-state index contributed by atoms with van der Waals surface area (Å²) in [6.07, 6.45) is 26.2. The molecule has 9 heteroatoms. The zero-order chi connectivity index (χ0) is 38.5. The first-order chi connectivity index (χ1) is 25.3. The molecule has 0 aromatic carbocycles. The highest BCUT2D eigenvalue weighted by molar-refractivity contribution is 5.76. The summed E-state index contributed by atoms with van der Waals surface area (Å²) in [5, 5.41) is 19.4. The number of carbonyl (C=O) groups is 2. The maximum absolute atomic E-state index is 13.6. The predicted molar refractivity (Wildman–Crippen MR) is 215 cm³/mol. The van der Waals surface area contributed by atoms with E-state index in [4.69, 9.17) is 14.2 Å². The molecule has 1 amide bonds. The lowest BCUT2D eigenvalue weighted by molar-refractivity contribution is -0.151. The minimum Gasteiger partial charge on any atom is -0.463 e. The van der Waals surface area contributed by atoms with E-state index < -0.39 is 0 Å². The molecule has 52 heavy (non-hydrogen) atoms. The smallest absolute Gasteiger partial charge is 0.305 e. The fourth-order valence-corrected chi connectivity index (χ4v) is 6.52. The van der Waals surface area contributed by atoms with Gasteiger partial charge in [-0.2, -0.15) is 0 Å². The lowest BCUT2D eigenvalue weighted by Crippen LogP contribution is -2.45. The summed E-state index contributed by atoms with van der Waals surface area (Å²) in [4.78, 5) is 30.6. The molecule has 0 aliphatic carbocycles. The van der Waals surface area contributed by atoms with E-state index in [0.717, 1.165) is 57.9 Å². The van der Waals surface area contributed by atoms with Crippen LogP contribution in [0.1, 0.15) is 188 Å². The number of carbonyl (C=O) groups excluding carboxylic acids is 2. The number of nitrogens with zero attached hydrogens (tertiary/aromatic N) is 2. The van der Waals surface area contributed by atoms with Gasteiger partial charge in [-0.15, -0.1) is 0 Å². The van der Waals surface area contributed by atoms with Gasteiger partial charge in [-0.25, -0.2) is 0 Å². The zero-order valence-corrected chi connectivity index (χ0v) is 34.9. The third kappa shape index (κ3) is 31.1. The molecule has 0 spiro atoms. The second-order valence-corrected chi connectivity index (χ2v) is 15.4. The van der Waals surface area contributed by atoms with Crippen molar-refractivity contribution in [3.63, 3.8) is 0 Å². The second-order valence-electron chi connectivity index (χ2n) is 15.4. The Morgan fingerprint density at radius 1 is 0.558 bits per heavy atom. The average Bonchev–Trinajstić information content (AvgIpc) is 3.13. The molecular formula is C43H86N2O7. The van der Waals surface area contributed by atoms with Gasteiger partial charge in [0.25, 0.3) is 0 Å². The predicted octanol–water partition coefficient (Wildman–Crippen LogP) is 9.45. The first-order valence-electron chi connectivity index (χ1n) is 21.9. The zero-order valence-electron chi connectivity index (χ0n) is 34.9. The summed E-state index contributed by atoms with van der Waals surface area (Å²) in [6, 6.07) is -0.283. The molecule has 0 radical (unpaired) electrons. The molecule has 1 unspecified atom stereocenters. The van der Waals surface area contributed by atoms with Crippen molar-refractivity contribution in [2.75, 3.05) is 60.2 Å². The van der Waals surface area contributed by atoms with E-state index >= 15 is 0 Å². The Balaban J connectivity index is 5.13. The fraction of sp³-hybridized carbons (Fsp3) is 0.953. The summed E-state index contributed by atoms with van der Waals surface area (Å²) in [6.45, 7) is 9.48. The number of aliphatic hydroxyl groups is 2. The Bertz CT molecular complexity index is 763. The molecule has 0 rings (SSSR count). The highest BCUT2D eigenvalue weighted by Gasteiger charge is 2.26. The Hall–Kier alpha value is -1.26. The third-order valence-corrected chi connectivity index (χ3v) is 10.0. The van der Waals surface area contributed by atoms with Crippen LogP contribution in [0.3, 0.4) is 0 Å². The molecule has 0 saturated carbocycles. The molecule has 0 aromatic rings. The van der Waals surface area contributed by atoms with Crippen molar-refractivity contribution in [1.82, 2.24) is 9.80 Å². The molecule has 0 aliphatic rings. The summed E-state index contributed by atoms with van der Waals surface area (Å²) in [5.74, 6) is -0.400. The highest BCUT2D eigenvalue weighted by atomic mass is 16.7. The molecule has 0 fully saturated rings. The van der Waals surface area contributed by atoms with Crippen molar-refractivity contribution in [3.05, 3.63) is 0 Å². The van der Waals surface area contributed by atoms with Crippen molar-refractivity contribution in [1.29, 1.82) is 0 Å². The summed E-state index contributed by atoms with van der Waals surface area (Å²) in [7, 11) is 4.06. The number of aliphatic hydroxyl groups excluding tert-OH is 2. The Labute approximate surface area is 321 Å². The largest absolute Gasteiger partial charge is 0.463 e. The van der Waals surface area contributed by atoms with Crippen molar-refractivity contribution < 1.29 is 34.0 Å². The van der Waals surface area contributed by atoms with Gasteiger partial charge in [0.2, 0.25) is 5.91 Å². The molecule has 0 saturated heterocycles. The Morgan fingerprint density at radius 2 is 1.06 bits per heavy atom. The van der Waals surface area contributed by atoms with Gasteiger partial charge in [-0.1, -0.05) is 117 Å².